The summed E-state index contributed by atoms with van der Waals surface area (Å²) >= 11 is 3.36. The molecule has 0 saturated heterocycles. The molecule has 0 atom stereocenters. The number of ether oxygens (including phenoxy) is 2. The lowest BCUT2D eigenvalue weighted by atomic mass is 10.2. The minimum Gasteiger partial charge on any atom is -0.379 e. The Morgan fingerprint density at radius 3 is 2.69 bits per heavy atom. The van der Waals surface area contributed by atoms with Gasteiger partial charge in [0.05, 0.1) is 6.54 Å². The Hall–Kier alpha value is -0.910. The average molecular weight is 287 g/mol. The van der Waals surface area contributed by atoms with Crippen molar-refractivity contribution >= 4 is 27.8 Å². The average Bonchev–Trinajstić information content (AvgIpc) is 2.31. The van der Waals surface area contributed by atoms with Gasteiger partial charge in [-0.05, 0) is 18.2 Å². The highest BCUT2D eigenvalue weighted by atomic mass is 79.9. The molecule has 5 heteroatoms. The zero-order valence-corrected chi connectivity index (χ0v) is 10.9. The molecule has 88 valence electrons. The SMILES string of the molecule is COC(CNc1ccc(Br)cc1C=N)OC. The van der Waals surface area contributed by atoms with E-state index in [9.17, 15) is 0 Å². The lowest BCUT2D eigenvalue weighted by Crippen LogP contribution is -2.24. The zero-order valence-electron chi connectivity index (χ0n) is 9.29. The summed E-state index contributed by atoms with van der Waals surface area (Å²) < 4.78 is 11.1. The summed E-state index contributed by atoms with van der Waals surface area (Å²) in [5, 5.41) is 10.5. The Morgan fingerprint density at radius 1 is 1.44 bits per heavy atom. The topological polar surface area (TPSA) is 54.3 Å². The molecule has 0 aliphatic heterocycles. The van der Waals surface area contributed by atoms with E-state index in [1.807, 2.05) is 18.2 Å². The lowest BCUT2D eigenvalue weighted by molar-refractivity contribution is -0.0914. The molecular weight excluding hydrogens is 272 g/mol. The number of rotatable bonds is 6. The van der Waals surface area contributed by atoms with Gasteiger partial charge in [0.25, 0.3) is 0 Å². The molecule has 0 aliphatic rings. The normalized spacial score (nSPS) is 10.5. The molecule has 0 aliphatic carbocycles. The number of halogens is 1. The molecule has 0 unspecified atom stereocenters. The molecule has 0 heterocycles. The van der Waals surface area contributed by atoms with Gasteiger partial charge in [-0.25, -0.2) is 0 Å². The standard InChI is InChI=1S/C11H15BrN2O2/c1-15-11(16-2)7-14-10-4-3-9(12)5-8(10)6-13/h3-6,11,13-14H,7H2,1-2H3. The fraction of sp³-hybridized carbons (Fsp3) is 0.364. The van der Waals surface area contributed by atoms with Crippen LogP contribution in [-0.4, -0.2) is 33.3 Å². The van der Waals surface area contributed by atoms with E-state index in [-0.39, 0.29) is 6.29 Å². The van der Waals surface area contributed by atoms with Gasteiger partial charge in [-0.1, -0.05) is 15.9 Å². The Labute approximate surface area is 104 Å². The summed E-state index contributed by atoms with van der Waals surface area (Å²) in [6, 6.07) is 5.71. The Bertz CT molecular complexity index is 354. The second kappa shape index (κ2) is 6.62. The number of nitrogens with one attached hydrogen (secondary N) is 2. The Morgan fingerprint density at radius 2 is 2.12 bits per heavy atom. The first-order valence-electron chi connectivity index (χ1n) is 4.80. The predicted molar refractivity (Wildman–Crippen MR) is 68.3 cm³/mol. The maximum Gasteiger partial charge on any atom is 0.173 e. The smallest absolute Gasteiger partial charge is 0.173 e. The maximum atomic E-state index is 7.31. The van der Waals surface area contributed by atoms with Crippen molar-refractivity contribution < 1.29 is 9.47 Å². The molecule has 2 N–H and O–H groups in total. The molecule has 1 rings (SSSR count). The van der Waals surface area contributed by atoms with Crippen molar-refractivity contribution in [1.29, 1.82) is 5.41 Å². The first-order valence-corrected chi connectivity index (χ1v) is 5.60. The van der Waals surface area contributed by atoms with Crippen LogP contribution in [0.25, 0.3) is 0 Å². The van der Waals surface area contributed by atoms with E-state index in [2.05, 4.69) is 21.2 Å². The van der Waals surface area contributed by atoms with Crippen molar-refractivity contribution in [3.8, 4) is 0 Å². The number of benzene rings is 1. The molecule has 16 heavy (non-hydrogen) atoms. The van der Waals surface area contributed by atoms with Gasteiger partial charge in [0.2, 0.25) is 0 Å². The fourth-order valence-corrected chi connectivity index (χ4v) is 1.65. The van der Waals surface area contributed by atoms with E-state index in [0.29, 0.717) is 6.54 Å². The molecule has 1 aromatic carbocycles. The van der Waals surface area contributed by atoms with Gasteiger partial charge in [0.1, 0.15) is 0 Å². The van der Waals surface area contributed by atoms with Gasteiger partial charge < -0.3 is 20.2 Å². The molecular formula is C11H15BrN2O2. The zero-order chi connectivity index (χ0) is 12.0. The summed E-state index contributed by atoms with van der Waals surface area (Å²) in [7, 11) is 3.18. The van der Waals surface area contributed by atoms with Crippen LogP contribution in [0.1, 0.15) is 5.56 Å². The van der Waals surface area contributed by atoms with E-state index in [1.54, 1.807) is 14.2 Å². The third-order valence-corrected chi connectivity index (χ3v) is 2.65. The van der Waals surface area contributed by atoms with Gasteiger partial charge in [-0.2, -0.15) is 0 Å². The minimum atomic E-state index is -0.290. The molecule has 0 fully saturated rings. The van der Waals surface area contributed by atoms with Crippen LogP contribution < -0.4 is 5.32 Å². The summed E-state index contributed by atoms with van der Waals surface area (Å²) in [6.45, 7) is 0.537. The quantitative estimate of drug-likeness (QED) is 0.624. The van der Waals surface area contributed by atoms with Gasteiger partial charge >= 0.3 is 0 Å². The van der Waals surface area contributed by atoms with Crippen molar-refractivity contribution in [3.63, 3.8) is 0 Å². The highest BCUT2D eigenvalue weighted by Gasteiger charge is 2.06. The van der Waals surface area contributed by atoms with Gasteiger partial charge in [-0.3, -0.25) is 0 Å². The fourth-order valence-electron chi connectivity index (χ4n) is 1.27. The number of anilines is 1. The van der Waals surface area contributed by atoms with E-state index in [1.165, 1.54) is 6.21 Å². The second-order valence-electron chi connectivity index (χ2n) is 3.16. The van der Waals surface area contributed by atoms with Crippen LogP contribution in [0.4, 0.5) is 5.69 Å². The Kier molecular flexibility index (Phi) is 5.45. The molecule has 0 saturated carbocycles. The van der Waals surface area contributed by atoms with Crippen LogP contribution in [0, 0.1) is 5.41 Å². The molecule has 0 aromatic heterocycles. The first-order chi connectivity index (χ1) is 7.71. The van der Waals surface area contributed by atoms with E-state index >= 15 is 0 Å². The van der Waals surface area contributed by atoms with Gasteiger partial charge in [0.15, 0.2) is 6.29 Å². The van der Waals surface area contributed by atoms with Crippen molar-refractivity contribution in [1.82, 2.24) is 0 Å². The summed E-state index contributed by atoms with van der Waals surface area (Å²) in [5.74, 6) is 0. The predicted octanol–water partition coefficient (Wildman–Crippen LogP) is 2.48. The maximum absolute atomic E-state index is 7.31. The summed E-state index contributed by atoms with van der Waals surface area (Å²) in [6.07, 6.45) is 1.02. The second-order valence-corrected chi connectivity index (χ2v) is 4.07. The largest absolute Gasteiger partial charge is 0.379 e. The monoisotopic (exact) mass is 286 g/mol. The number of hydrogen-bond donors (Lipinski definition) is 2. The van der Waals surface area contributed by atoms with Crippen molar-refractivity contribution in [2.45, 2.75) is 6.29 Å². The molecule has 0 radical (unpaired) electrons. The van der Waals surface area contributed by atoms with Gasteiger partial charge in [-0.15, -0.1) is 0 Å². The number of hydrogen-bond acceptors (Lipinski definition) is 4. The van der Waals surface area contributed by atoms with Crippen LogP contribution in [0.5, 0.6) is 0 Å². The third kappa shape index (κ3) is 3.59. The van der Waals surface area contributed by atoms with Crippen LogP contribution in [0.15, 0.2) is 22.7 Å². The van der Waals surface area contributed by atoms with E-state index in [4.69, 9.17) is 14.9 Å². The van der Waals surface area contributed by atoms with E-state index < -0.39 is 0 Å². The minimum absolute atomic E-state index is 0.290. The first kappa shape index (κ1) is 13.2. The molecule has 4 nitrogen and oxygen atoms in total. The summed E-state index contributed by atoms with van der Waals surface area (Å²) in [4.78, 5) is 0. The summed E-state index contributed by atoms with van der Waals surface area (Å²) in [5.41, 5.74) is 1.71. The van der Waals surface area contributed by atoms with E-state index in [0.717, 1.165) is 15.7 Å². The van der Waals surface area contributed by atoms with Crippen molar-refractivity contribution in [2.24, 2.45) is 0 Å². The number of methoxy groups -OCH3 is 2. The molecule has 0 amide bonds. The third-order valence-electron chi connectivity index (χ3n) is 2.15. The highest BCUT2D eigenvalue weighted by Crippen LogP contribution is 2.19. The van der Waals surface area contributed by atoms with Crippen LogP contribution >= 0.6 is 15.9 Å². The van der Waals surface area contributed by atoms with Crippen molar-refractivity contribution in [2.75, 3.05) is 26.1 Å². The molecule has 0 spiro atoms. The van der Waals surface area contributed by atoms with Crippen LogP contribution in [-0.2, 0) is 9.47 Å². The lowest BCUT2D eigenvalue weighted by Gasteiger charge is -2.16. The van der Waals surface area contributed by atoms with Gasteiger partial charge in [0, 0.05) is 36.2 Å². The van der Waals surface area contributed by atoms with Crippen molar-refractivity contribution in [3.05, 3.63) is 28.2 Å². The Balaban J connectivity index is 2.69. The molecule has 1 aromatic rings. The molecule has 0 bridgehead atoms. The highest BCUT2D eigenvalue weighted by molar-refractivity contribution is 9.10. The van der Waals surface area contributed by atoms with Crippen LogP contribution in [0.2, 0.25) is 0 Å². The van der Waals surface area contributed by atoms with Crippen LogP contribution in [0.3, 0.4) is 0 Å².